The average molecular weight is 260 g/mol. The highest BCUT2D eigenvalue weighted by molar-refractivity contribution is 5.33. The second-order valence-corrected chi connectivity index (χ2v) is 4.80. The Bertz CT molecular complexity index is 465. The van der Waals surface area contributed by atoms with E-state index in [0.29, 0.717) is 19.1 Å². The van der Waals surface area contributed by atoms with Crippen molar-refractivity contribution in [2.75, 3.05) is 20.3 Å². The molecule has 1 fully saturated rings. The third kappa shape index (κ3) is 3.18. The monoisotopic (exact) mass is 260 g/mol. The predicted molar refractivity (Wildman–Crippen MR) is 73.2 cm³/mol. The van der Waals surface area contributed by atoms with Crippen LogP contribution in [-0.2, 0) is 0 Å². The molecule has 0 aromatic heterocycles. The van der Waals surface area contributed by atoms with Crippen molar-refractivity contribution in [3.8, 4) is 17.6 Å². The Morgan fingerprint density at radius 1 is 1.37 bits per heavy atom. The van der Waals surface area contributed by atoms with Crippen LogP contribution in [0, 0.1) is 17.2 Å². The lowest BCUT2D eigenvalue weighted by Crippen LogP contribution is -2.49. The van der Waals surface area contributed by atoms with Gasteiger partial charge in [0.1, 0.15) is 23.6 Å². The van der Waals surface area contributed by atoms with Gasteiger partial charge in [0.2, 0.25) is 0 Å². The SMILES string of the molecule is CCOc1cccc(OCC(C#N)(NC)C2CC2)c1. The molecule has 1 saturated carbocycles. The molecule has 1 aromatic rings. The third-order valence-corrected chi connectivity index (χ3v) is 3.50. The number of hydrogen-bond acceptors (Lipinski definition) is 4. The number of ether oxygens (including phenoxy) is 2. The molecule has 0 saturated heterocycles. The molecule has 0 spiro atoms. The topological polar surface area (TPSA) is 54.3 Å². The van der Waals surface area contributed by atoms with E-state index >= 15 is 0 Å². The minimum absolute atomic E-state index is 0.361. The highest BCUT2D eigenvalue weighted by Gasteiger charge is 2.45. The van der Waals surface area contributed by atoms with Crippen LogP contribution in [0.5, 0.6) is 11.5 Å². The lowest BCUT2D eigenvalue weighted by atomic mass is 9.96. The summed E-state index contributed by atoms with van der Waals surface area (Å²) in [5.74, 6) is 1.93. The second kappa shape index (κ2) is 5.94. The average Bonchev–Trinajstić information content (AvgIpc) is 3.27. The molecule has 102 valence electrons. The van der Waals surface area contributed by atoms with Gasteiger partial charge in [-0.15, -0.1) is 0 Å². The largest absolute Gasteiger partial charge is 0.494 e. The van der Waals surface area contributed by atoms with Gasteiger partial charge in [0.25, 0.3) is 0 Å². The molecule has 1 aromatic carbocycles. The Kier molecular flexibility index (Phi) is 4.28. The Morgan fingerprint density at radius 2 is 2.05 bits per heavy atom. The van der Waals surface area contributed by atoms with Crippen molar-refractivity contribution in [3.05, 3.63) is 24.3 Å². The van der Waals surface area contributed by atoms with Gasteiger partial charge in [-0.2, -0.15) is 5.26 Å². The van der Waals surface area contributed by atoms with Gasteiger partial charge in [-0.25, -0.2) is 0 Å². The number of rotatable bonds is 7. The molecular weight excluding hydrogens is 240 g/mol. The molecule has 4 nitrogen and oxygen atoms in total. The van der Waals surface area contributed by atoms with Crippen molar-refractivity contribution >= 4 is 0 Å². The fourth-order valence-electron chi connectivity index (χ4n) is 2.17. The molecule has 4 heteroatoms. The van der Waals surface area contributed by atoms with Crippen LogP contribution in [0.3, 0.4) is 0 Å². The van der Waals surface area contributed by atoms with E-state index in [1.165, 1.54) is 0 Å². The molecule has 1 aliphatic rings. The first kappa shape index (κ1) is 13.7. The lowest BCUT2D eigenvalue weighted by Gasteiger charge is -2.26. The zero-order valence-corrected chi connectivity index (χ0v) is 11.5. The molecule has 1 N–H and O–H groups in total. The molecule has 0 radical (unpaired) electrons. The molecular formula is C15H20N2O2. The second-order valence-electron chi connectivity index (χ2n) is 4.80. The minimum Gasteiger partial charge on any atom is -0.494 e. The highest BCUT2D eigenvalue weighted by atomic mass is 16.5. The smallest absolute Gasteiger partial charge is 0.143 e. The number of hydrogen-bond donors (Lipinski definition) is 1. The maximum Gasteiger partial charge on any atom is 0.143 e. The van der Waals surface area contributed by atoms with Crippen LogP contribution in [0.1, 0.15) is 19.8 Å². The van der Waals surface area contributed by atoms with E-state index in [0.717, 1.165) is 24.3 Å². The Labute approximate surface area is 114 Å². The quantitative estimate of drug-likeness (QED) is 0.817. The van der Waals surface area contributed by atoms with Crippen molar-refractivity contribution in [2.24, 2.45) is 5.92 Å². The summed E-state index contributed by atoms with van der Waals surface area (Å²) in [6.07, 6.45) is 2.19. The Hall–Kier alpha value is -1.73. The summed E-state index contributed by atoms with van der Waals surface area (Å²) in [4.78, 5) is 0. The van der Waals surface area contributed by atoms with Gasteiger partial charge in [0.05, 0.1) is 12.7 Å². The van der Waals surface area contributed by atoms with Crippen LogP contribution in [0.25, 0.3) is 0 Å². The summed E-state index contributed by atoms with van der Waals surface area (Å²) in [5, 5.41) is 12.5. The zero-order chi connectivity index (χ0) is 13.7. The van der Waals surface area contributed by atoms with Crippen molar-refractivity contribution in [3.63, 3.8) is 0 Å². The van der Waals surface area contributed by atoms with Crippen molar-refractivity contribution in [1.82, 2.24) is 5.32 Å². The highest BCUT2D eigenvalue weighted by Crippen LogP contribution is 2.39. The van der Waals surface area contributed by atoms with Gasteiger partial charge >= 0.3 is 0 Å². The van der Waals surface area contributed by atoms with E-state index in [1.807, 2.05) is 38.2 Å². The summed E-state index contributed by atoms with van der Waals surface area (Å²) in [7, 11) is 1.82. The Balaban J connectivity index is 2.01. The number of nitrogens with one attached hydrogen (secondary N) is 1. The van der Waals surface area contributed by atoms with Gasteiger partial charge in [0, 0.05) is 6.07 Å². The first-order chi connectivity index (χ1) is 9.24. The van der Waals surface area contributed by atoms with E-state index < -0.39 is 5.54 Å². The van der Waals surface area contributed by atoms with E-state index in [2.05, 4.69) is 11.4 Å². The summed E-state index contributed by atoms with van der Waals surface area (Å²) in [5.41, 5.74) is -0.568. The van der Waals surface area contributed by atoms with E-state index in [-0.39, 0.29) is 0 Å². The van der Waals surface area contributed by atoms with Crippen LogP contribution < -0.4 is 14.8 Å². The Morgan fingerprint density at radius 3 is 2.58 bits per heavy atom. The molecule has 1 atom stereocenters. The number of nitriles is 1. The van der Waals surface area contributed by atoms with Gasteiger partial charge in [-0.3, -0.25) is 5.32 Å². The zero-order valence-electron chi connectivity index (χ0n) is 11.5. The molecule has 0 aliphatic heterocycles. The van der Waals surface area contributed by atoms with Crippen LogP contribution in [-0.4, -0.2) is 25.8 Å². The maximum atomic E-state index is 9.39. The summed E-state index contributed by atoms with van der Waals surface area (Å²) in [6.45, 7) is 2.94. The fraction of sp³-hybridized carbons (Fsp3) is 0.533. The van der Waals surface area contributed by atoms with E-state index in [9.17, 15) is 5.26 Å². The third-order valence-electron chi connectivity index (χ3n) is 3.50. The summed E-state index contributed by atoms with van der Waals surface area (Å²) < 4.78 is 11.2. The summed E-state index contributed by atoms with van der Waals surface area (Å²) in [6, 6.07) is 9.90. The van der Waals surface area contributed by atoms with Crippen LogP contribution in [0.15, 0.2) is 24.3 Å². The van der Waals surface area contributed by atoms with Gasteiger partial charge < -0.3 is 9.47 Å². The number of benzene rings is 1. The number of nitrogens with zero attached hydrogens (tertiary/aromatic N) is 1. The molecule has 0 heterocycles. The van der Waals surface area contributed by atoms with Crippen molar-refractivity contribution in [1.29, 1.82) is 5.26 Å². The van der Waals surface area contributed by atoms with Crippen molar-refractivity contribution < 1.29 is 9.47 Å². The van der Waals surface area contributed by atoms with E-state index in [4.69, 9.17) is 9.47 Å². The van der Waals surface area contributed by atoms with Gasteiger partial charge in [-0.05, 0) is 44.9 Å². The van der Waals surface area contributed by atoms with Crippen LogP contribution in [0.2, 0.25) is 0 Å². The van der Waals surface area contributed by atoms with Gasteiger partial charge in [-0.1, -0.05) is 6.07 Å². The van der Waals surface area contributed by atoms with Gasteiger partial charge in [0.15, 0.2) is 0 Å². The standard InChI is InChI=1S/C15H20N2O2/c1-3-18-13-5-4-6-14(9-13)19-11-15(10-16,17-2)12-7-8-12/h4-6,9,12,17H,3,7-8,11H2,1-2H3. The van der Waals surface area contributed by atoms with Crippen LogP contribution in [0.4, 0.5) is 0 Å². The predicted octanol–water partition coefficient (Wildman–Crippen LogP) is 2.36. The maximum absolute atomic E-state index is 9.39. The lowest BCUT2D eigenvalue weighted by molar-refractivity contribution is 0.210. The molecule has 0 amide bonds. The first-order valence-corrected chi connectivity index (χ1v) is 6.70. The molecule has 19 heavy (non-hydrogen) atoms. The molecule has 0 bridgehead atoms. The molecule has 2 rings (SSSR count). The normalized spacial score (nSPS) is 17.3. The van der Waals surface area contributed by atoms with Crippen molar-refractivity contribution in [2.45, 2.75) is 25.3 Å². The van der Waals surface area contributed by atoms with Crippen LogP contribution >= 0.6 is 0 Å². The van der Waals surface area contributed by atoms with E-state index in [1.54, 1.807) is 0 Å². The summed E-state index contributed by atoms with van der Waals surface area (Å²) >= 11 is 0. The number of likely N-dealkylation sites (N-methyl/N-ethyl adjacent to an activating group) is 1. The molecule has 1 unspecified atom stereocenters. The molecule has 1 aliphatic carbocycles. The fourth-order valence-corrected chi connectivity index (χ4v) is 2.17. The minimum atomic E-state index is -0.568. The first-order valence-electron chi connectivity index (χ1n) is 6.70.